The summed E-state index contributed by atoms with van der Waals surface area (Å²) in [7, 11) is 0. The van der Waals surface area contributed by atoms with Crippen LogP contribution in [0.25, 0.3) is 0 Å². The van der Waals surface area contributed by atoms with Crippen molar-refractivity contribution in [3.63, 3.8) is 0 Å². The molecule has 0 aromatic carbocycles. The van der Waals surface area contributed by atoms with Crippen molar-refractivity contribution in [1.29, 1.82) is 0 Å². The van der Waals surface area contributed by atoms with Gasteiger partial charge in [-0.1, -0.05) is 0 Å². The van der Waals surface area contributed by atoms with Crippen LogP contribution >= 0.6 is 0 Å². The molecule has 0 radical (unpaired) electrons. The van der Waals surface area contributed by atoms with Gasteiger partial charge in [-0.2, -0.15) is 23.4 Å². The van der Waals surface area contributed by atoms with Crippen LogP contribution in [0.4, 0.5) is 24.5 Å². The quantitative estimate of drug-likeness (QED) is 0.649. The number of carbonyl (C=O) groups excluding carboxylic acids is 1. The number of H-pyrrole nitrogens is 1. The maximum atomic E-state index is 12.8. The fourth-order valence-corrected chi connectivity index (χ4v) is 2.21. The zero-order valence-electron chi connectivity index (χ0n) is 12.9. The van der Waals surface area contributed by atoms with Gasteiger partial charge in [0.25, 0.3) is 0 Å². The molecule has 0 atom stereocenters. The number of alkyl halides is 3. The third kappa shape index (κ3) is 3.21. The number of aryl methyl sites for hydroxylation is 2. The van der Waals surface area contributed by atoms with Crippen LogP contribution in [0, 0.1) is 30.9 Å². The Morgan fingerprint density at radius 3 is 2.50 bits per heavy atom. The average Bonchev–Trinajstić information content (AvgIpc) is 2.91. The van der Waals surface area contributed by atoms with Crippen molar-refractivity contribution in [2.75, 3.05) is 5.32 Å². The van der Waals surface area contributed by atoms with Gasteiger partial charge in [0, 0.05) is 0 Å². The zero-order chi connectivity index (χ0) is 18.2. The highest BCUT2D eigenvalue weighted by atomic mass is 19.4. The molecule has 0 fully saturated rings. The first kappa shape index (κ1) is 17.4. The molecule has 130 valence electrons. The Morgan fingerprint density at radius 2 is 2.00 bits per heavy atom. The first-order chi connectivity index (χ1) is 11.0. The first-order valence-corrected chi connectivity index (χ1v) is 6.62. The van der Waals surface area contributed by atoms with Crippen LogP contribution in [0.2, 0.25) is 0 Å². The van der Waals surface area contributed by atoms with Gasteiger partial charge in [-0.25, -0.2) is 0 Å². The third-order valence-corrected chi connectivity index (χ3v) is 3.30. The van der Waals surface area contributed by atoms with Crippen molar-refractivity contribution in [1.82, 2.24) is 20.0 Å². The predicted molar refractivity (Wildman–Crippen MR) is 75.3 cm³/mol. The van der Waals surface area contributed by atoms with E-state index in [4.69, 9.17) is 0 Å². The van der Waals surface area contributed by atoms with Crippen LogP contribution in [-0.4, -0.2) is 30.8 Å². The van der Waals surface area contributed by atoms with Crippen LogP contribution < -0.4 is 5.32 Å². The van der Waals surface area contributed by atoms with Gasteiger partial charge in [0.15, 0.2) is 5.69 Å². The molecule has 2 N–H and O–H groups in total. The van der Waals surface area contributed by atoms with Gasteiger partial charge in [0.1, 0.15) is 17.9 Å². The molecule has 0 aliphatic rings. The number of anilines is 1. The minimum absolute atomic E-state index is 0.0371. The molecule has 0 aliphatic heterocycles. The highest BCUT2D eigenvalue weighted by Crippen LogP contribution is 2.34. The molecule has 2 heterocycles. The first-order valence-electron chi connectivity index (χ1n) is 6.62. The lowest BCUT2D eigenvalue weighted by atomic mass is 10.3. The molecule has 9 nitrogen and oxygen atoms in total. The Labute approximate surface area is 133 Å². The lowest BCUT2D eigenvalue weighted by molar-refractivity contribution is -0.386. The topological polar surface area (TPSA) is 119 Å². The molecule has 2 rings (SSSR count). The van der Waals surface area contributed by atoms with Gasteiger partial charge >= 0.3 is 11.9 Å². The molecule has 1 amide bonds. The van der Waals surface area contributed by atoms with E-state index in [1.54, 1.807) is 0 Å². The summed E-state index contributed by atoms with van der Waals surface area (Å²) in [6.45, 7) is 3.66. The molecule has 0 saturated carbocycles. The molecule has 12 heteroatoms. The van der Waals surface area contributed by atoms with Crippen molar-refractivity contribution in [2.45, 2.75) is 33.5 Å². The maximum absolute atomic E-state index is 12.8. The van der Waals surface area contributed by atoms with E-state index in [1.807, 2.05) is 0 Å². The highest BCUT2D eigenvalue weighted by Gasteiger charge is 2.38. The largest absolute Gasteiger partial charge is 0.437 e. The lowest BCUT2D eigenvalue weighted by Gasteiger charge is -2.09. The predicted octanol–water partition coefficient (Wildman–Crippen LogP) is 2.10. The van der Waals surface area contributed by atoms with Crippen molar-refractivity contribution in [3.8, 4) is 0 Å². The van der Waals surface area contributed by atoms with E-state index >= 15 is 0 Å². The van der Waals surface area contributed by atoms with E-state index in [-0.39, 0.29) is 22.8 Å². The molecular weight excluding hydrogens is 333 g/mol. The molecule has 0 aliphatic carbocycles. The number of hydrogen-bond acceptors (Lipinski definition) is 5. The van der Waals surface area contributed by atoms with Gasteiger partial charge in [-0.3, -0.25) is 24.7 Å². The summed E-state index contributed by atoms with van der Waals surface area (Å²) in [5, 5.41) is 22.2. The van der Waals surface area contributed by atoms with Crippen molar-refractivity contribution in [3.05, 3.63) is 32.9 Å². The van der Waals surface area contributed by atoms with E-state index in [9.17, 15) is 28.1 Å². The third-order valence-electron chi connectivity index (χ3n) is 3.30. The number of carbonyl (C=O) groups is 1. The van der Waals surface area contributed by atoms with E-state index in [0.717, 1.165) is 4.68 Å². The summed E-state index contributed by atoms with van der Waals surface area (Å²) in [6, 6.07) is 0. The van der Waals surface area contributed by atoms with Gasteiger partial charge in [0.2, 0.25) is 5.91 Å². The number of hydrogen-bond donors (Lipinski definition) is 2. The lowest BCUT2D eigenvalue weighted by Crippen LogP contribution is -2.22. The van der Waals surface area contributed by atoms with E-state index in [1.165, 1.54) is 20.8 Å². The van der Waals surface area contributed by atoms with E-state index in [0.29, 0.717) is 0 Å². The molecule has 0 unspecified atom stereocenters. The summed E-state index contributed by atoms with van der Waals surface area (Å²) < 4.78 is 39.5. The van der Waals surface area contributed by atoms with Crippen LogP contribution in [0.1, 0.15) is 22.8 Å². The number of nitrogens with zero attached hydrogens (tertiary/aromatic N) is 4. The minimum atomic E-state index is -4.73. The zero-order valence-corrected chi connectivity index (χ0v) is 12.9. The normalized spacial score (nSPS) is 11.6. The number of amides is 1. The second-order valence-corrected chi connectivity index (χ2v) is 5.05. The van der Waals surface area contributed by atoms with Crippen LogP contribution in [0.15, 0.2) is 0 Å². The number of aromatic amines is 1. The number of aromatic nitrogens is 4. The fraction of sp³-hybridized carbons (Fsp3) is 0.417. The summed E-state index contributed by atoms with van der Waals surface area (Å²) in [5.74, 6) is -0.814. The minimum Gasteiger partial charge on any atom is -0.321 e. The molecule has 0 bridgehead atoms. The SMILES string of the molecule is Cc1nn(CC(=O)Nc2c(C(F)(F)F)n[nH]c2C)c(C)c1[N+](=O)[O-]. The fourth-order valence-electron chi connectivity index (χ4n) is 2.21. The standard InChI is InChI=1S/C12H13F3N6O3/c1-5-9(11(18-17-5)12(13,14)15)16-8(22)4-20-7(3)10(21(23)24)6(2)19-20/h4H2,1-3H3,(H,16,22)(H,17,18). The van der Waals surface area contributed by atoms with Crippen molar-refractivity contribution >= 4 is 17.3 Å². The molecule has 2 aromatic rings. The maximum Gasteiger partial charge on any atom is 0.437 e. The summed E-state index contributed by atoms with van der Waals surface area (Å²) in [4.78, 5) is 22.3. The van der Waals surface area contributed by atoms with E-state index in [2.05, 4.69) is 20.6 Å². The van der Waals surface area contributed by atoms with Crippen molar-refractivity contribution < 1.29 is 22.9 Å². The van der Waals surface area contributed by atoms with E-state index < -0.39 is 34.9 Å². The second kappa shape index (κ2) is 5.94. The summed E-state index contributed by atoms with van der Waals surface area (Å²) in [5.41, 5.74) is -1.68. The molecule has 0 spiro atoms. The Balaban J connectivity index is 2.23. The second-order valence-electron chi connectivity index (χ2n) is 5.05. The van der Waals surface area contributed by atoms with Crippen LogP contribution in [-0.2, 0) is 17.5 Å². The summed E-state index contributed by atoms with van der Waals surface area (Å²) >= 11 is 0. The summed E-state index contributed by atoms with van der Waals surface area (Å²) in [6.07, 6.45) is -4.73. The Morgan fingerprint density at radius 1 is 1.38 bits per heavy atom. The Kier molecular flexibility index (Phi) is 4.32. The van der Waals surface area contributed by atoms with Gasteiger partial charge in [-0.05, 0) is 20.8 Å². The highest BCUT2D eigenvalue weighted by molar-refractivity contribution is 5.91. The molecule has 2 aromatic heterocycles. The number of nitrogens with one attached hydrogen (secondary N) is 2. The van der Waals surface area contributed by atoms with Crippen LogP contribution in [0.5, 0.6) is 0 Å². The van der Waals surface area contributed by atoms with Crippen LogP contribution in [0.3, 0.4) is 0 Å². The number of nitro groups is 1. The number of halogens is 3. The Hall–Kier alpha value is -2.92. The molecular formula is C12H13F3N6O3. The Bertz CT molecular complexity index is 808. The number of rotatable bonds is 4. The van der Waals surface area contributed by atoms with Gasteiger partial charge in [0.05, 0.1) is 16.3 Å². The van der Waals surface area contributed by atoms with Gasteiger partial charge < -0.3 is 5.32 Å². The smallest absolute Gasteiger partial charge is 0.321 e. The average molecular weight is 346 g/mol. The van der Waals surface area contributed by atoms with Gasteiger partial charge in [-0.15, -0.1) is 0 Å². The molecule has 0 saturated heterocycles. The molecule has 24 heavy (non-hydrogen) atoms. The van der Waals surface area contributed by atoms with Crippen molar-refractivity contribution in [2.24, 2.45) is 0 Å². The monoisotopic (exact) mass is 346 g/mol.